The van der Waals surface area contributed by atoms with E-state index in [0.717, 1.165) is 65.8 Å². The molecule has 1 saturated carbocycles. The fourth-order valence-electron chi connectivity index (χ4n) is 5.02. The van der Waals surface area contributed by atoms with Crippen molar-refractivity contribution < 1.29 is 19.4 Å². The fraction of sp³-hybridized carbons (Fsp3) is 0.481. The Hall–Kier alpha value is -2.86. The number of benzene rings is 1. The van der Waals surface area contributed by atoms with Crippen LogP contribution in [0.5, 0.6) is 5.75 Å². The molecule has 1 N–H and O–H groups in total. The zero-order valence-electron chi connectivity index (χ0n) is 20.1. The van der Waals surface area contributed by atoms with Crippen molar-refractivity contribution in [2.45, 2.75) is 78.0 Å². The molecule has 33 heavy (non-hydrogen) atoms. The van der Waals surface area contributed by atoms with Gasteiger partial charge < -0.3 is 19.1 Å². The Balaban J connectivity index is 1.82. The van der Waals surface area contributed by atoms with Crippen LogP contribution in [0.2, 0.25) is 0 Å². The van der Waals surface area contributed by atoms with Crippen molar-refractivity contribution in [3.63, 3.8) is 0 Å². The normalized spacial score (nSPS) is 17.0. The lowest BCUT2D eigenvalue weighted by atomic mass is 9.87. The van der Waals surface area contributed by atoms with Gasteiger partial charge in [-0.2, -0.15) is 0 Å². The molecule has 1 atom stereocenters. The highest BCUT2D eigenvalue weighted by atomic mass is 16.5. The summed E-state index contributed by atoms with van der Waals surface area (Å²) in [7, 11) is 0. The zero-order valence-corrected chi connectivity index (χ0v) is 20.1. The van der Waals surface area contributed by atoms with E-state index in [0.29, 0.717) is 17.3 Å². The second-order valence-corrected chi connectivity index (χ2v) is 10.3. The molecule has 1 aliphatic heterocycles. The Labute approximate surface area is 194 Å². The van der Waals surface area contributed by atoms with Gasteiger partial charge in [0.15, 0.2) is 6.10 Å². The second kappa shape index (κ2) is 7.87. The first kappa shape index (κ1) is 22.0. The smallest absolute Gasteiger partial charge is 0.337 e. The number of fused-ring (bicyclic) bond motifs is 2. The van der Waals surface area contributed by atoms with Gasteiger partial charge >= 0.3 is 5.97 Å². The monoisotopic (exact) mass is 448 g/mol. The number of nitrogens with zero attached hydrogens (tertiary/aromatic N) is 2. The van der Waals surface area contributed by atoms with Crippen LogP contribution < -0.4 is 4.74 Å². The van der Waals surface area contributed by atoms with E-state index in [9.17, 15) is 9.90 Å². The highest BCUT2D eigenvalue weighted by Gasteiger charge is 2.34. The van der Waals surface area contributed by atoms with Crippen molar-refractivity contribution in [2.75, 3.05) is 6.61 Å². The molecule has 5 rings (SSSR count). The van der Waals surface area contributed by atoms with Gasteiger partial charge in [-0.1, -0.05) is 6.07 Å². The summed E-state index contributed by atoms with van der Waals surface area (Å²) in [6.45, 7) is 10.4. The van der Waals surface area contributed by atoms with Crippen LogP contribution in [0.4, 0.5) is 0 Å². The van der Waals surface area contributed by atoms with Gasteiger partial charge in [-0.15, -0.1) is 0 Å². The molecule has 0 radical (unpaired) electrons. The molecular weight excluding hydrogens is 416 g/mol. The van der Waals surface area contributed by atoms with Gasteiger partial charge in [-0.25, -0.2) is 9.78 Å². The van der Waals surface area contributed by atoms with Crippen molar-refractivity contribution in [1.82, 2.24) is 9.55 Å². The average molecular weight is 449 g/mol. The Morgan fingerprint density at radius 3 is 2.67 bits per heavy atom. The largest absolute Gasteiger partial charge is 0.493 e. The highest BCUT2D eigenvalue weighted by molar-refractivity contribution is 5.99. The third kappa shape index (κ3) is 3.90. The minimum absolute atomic E-state index is 0.479. The molecule has 2 aliphatic rings. The van der Waals surface area contributed by atoms with E-state index in [2.05, 4.69) is 29.8 Å². The number of aromatic nitrogens is 2. The number of hydrogen-bond donors (Lipinski definition) is 1. The van der Waals surface area contributed by atoms with E-state index in [-0.39, 0.29) is 0 Å². The summed E-state index contributed by atoms with van der Waals surface area (Å²) in [6.07, 6.45) is 5.23. The lowest BCUT2D eigenvalue weighted by Crippen LogP contribution is -2.28. The molecule has 1 aromatic carbocycles. The Morgan fingerprint density at radius 2 is 2.00 bits per heavy atom. The van der Waals surface area contributed by atoms with Gasteiger partial charge in [0.1, 0.15) is 11.4 Å². The van der Waals surface area contributed by atoms with E-state index >= 15 is 0 Å². The number of carboxylic acid groups (broad SMARTS) is 1. The lowest BCUT2D eigenvalue weighted by molar-refractivity contribution is -0.160. The van der Waals surface area contributed by atoms with Gasteiger partial charge in [0.2, 0.25) is 0 Å². The Kier molecular flexibility index (Phi) is 5.24. The minimum atomic E-state index is -1.12. The first-order chi connectivity index (χ1) is 15.7. The van der Waals surface area contributed by atoms with Gasteiger partial charge in [-0.05, 0) is 89.1 Å². The van der Waals surface area contributed by atoms with Crippen LogP contribution in [-0.4, -0.2) is 32.8 Å². The SMILES string of the molecule is Cc1nc2c(ccn2C2CC2)c(-c2ccc3c(c2C)CCCO3)c1C(OC(C)(C)C)C(=O)O. The van der Waals surface area contributed by atoms with Crippen molar-refractivity contribution in [2.24, 2.45) is 0 Å². The number of carboxylic acids is 1. The molecule has 0 bridgehead atoms. The van der Waals surface area contributed by atoms with Crippen LogP contribution in [0.1, 0.15) is 74.6 Å². The number of aliphatic carboxylic acids is 1. The summed E-state index contributed by atoms with van der Waals surface area (Å²) in [5.41, 5.74) is 5.92. The highest BCUT2D eigenvalue weighted by Crippen LogP contribution is 2.45. The molecule has 3 heterocycles. The van der Waals surface area contributed by atoms with Crippen LogP contribution in [0.25, 0.3) is 22.2 Å². The minimum Gasteiger partial charge on any atom is -0.493 e. The first-order valence-electron chi connectivity index (χ1n) is 11.8. The van der Waals surface area contributed by atoms with E-state index in [1.807, 2.05) is 33.8 Å². The number of pyridine rings is 1. The number of hydrogen-bond acceptors (Lipinski definition) is 4. The molecule has 3 aromatic rings. The third-order valence-corrected chi connectivity index (χ3v) is 6.64. The zero-order chi connectivity index (χ0) is 23.5. The summed E-state index contributed by atoms with van der Waals surface area (Å²) >= 11 is 0. The quantitative estimate of drug-likeness (QED) is 0.524. The first-order valence-corrected chi connectivity index (χ1v) is 11.8. The van der Waals surface area contributed by atoms with Crippen LogP contribution in [-0.2, 0) is 16.0 Å². The Bertz CT molecular complexity index is 1250. The van der Waals surface area contributed by atoms with Crippen LogP contribution in [0, 0.1) is 13.8 Å². The van der Waals surface area contributed by atoms with Crippen LogP contribution >= 0.6 is 0 Å². The predicted octanol–water partition coefficient (Wildman–Crippen LogP) is 5.92. The molecule has 6 nitrogen and oxygen atoms in total. The van der Waals surface area contributed by atoms with E-state index in [4.69, 9.17) is 14.5 Å². The van der Waals surface area contributed by atoms with Crippen LogP contribution in [0.15, 0.2) is 24.4 Å². The molecule has 174 valence electrons. The topological polar surface area (TPSA) is 73.6 Å². The molecule has 1 aliphatic carbocycles. The van der Waals surface area contributed by atoms with E-state index in [1.165, 1.54) is 5.56 Å². The lowest BCUT2D eigenvalue weighted by Gasteiger charge is -2.29. The predicted molar refractivity (Wildman–Crippen MR) is 128 cm³/mol. The standard InChI is InChI=1S/C27H32N2O4/c1-15-18-7-6-14-32-21(18)11-10-19(15)23-20-12-13-29(17-8-9-17)25(20)28-16(2)22(23)24(26(30)31)33-27(3,4)5/h10-13,17,24H,6-9,14H2,1-5H3,(H,30,31). The van der Waals surface area contributed by atoms with Gasteiger partial charge in [0.05, 0.1) is 12.2 Å². The number of rotatable bonds is 5. The molecule has 1 unspecified atom stereocenters. The number of carbonyl (C=O) groups is 1. The van der Waals surface area contributed by atoms with Gasteiger partial charge in [0.25, 0.3) is 0 Å². The van der Waals surface area contributed by atoms with Crippen molar-refractivity contribution in [3.05, 3.63) is 46.8 Å². The maximum absolute atomic E-state index is 12.5. The van der Waals surface area contributed by atoms with Crippen molar-refractivity contribution >= 4 is 17.0 Å². The fourth-order valence-corrected chi connectivity index (χ4v) is 5.02. The number of aryl methyl sites for hydroxylation is 1. The molecule has 2 aromatic heterocycles. The van der Waals surface area contributed by atoms with Gasteiger partial charge in [0, 0.05) is 34.4 Å². The second-order valence-electron chi connectivity index (χ2n) is 10.3. The third-order valence-electron chi connectivity index (χ3n) is 6.64. The van der Waals surface area contributed by atoms with Crippen LogP contribution in [0.3, 0.4) is 0 Å². The average Bonchev–Trinajstić information content (AvgIpc) is 3.51. The van der Waals surface area contributed by atoms with Gasteiger partial charge in [-0.3, -0.25) is 0 Å². The summed E-state index contributed by atoms with van der Waals surface area (Å²) in [6, 6.07) is 6.67. The molecule has 1 fully saturated rings. The molecule has 0 spiro atoms. The van der Waals surface area contributed by atoms with Crippen molar-refractivity contribution in [3.8, 4) is 16.9 Å². The Morgan fingerprint density at radius 1 is 1.24 bits per heavy atom. The summed E-state index contributed by atoms with van der Waals surface area (Å²) < 4.78 is 14.3. The molecule has 0 saturated heterocycles. The van der Waals surface area contributed by atoms with Crippen molar-refractivity contribution in [1.29, 1.82) is 0 Å². The summed E-state index contributed by atoms with van der Waals surface area (Å²) in [5, 5.41) is 11.2. The van der Waals surface area contributed by atoms with E-state index in [1.54, 1.807) is 0 Å². The molecule has 6 heteroatoms. The summed E-state index contributed by atoms with van der Waals surface area (Å²) in [5.74, 6) is -0.0710. The summed E-state index contributed by atoms with van der Waals surface area (Å²) in [4.78, 5) is 17.4. The maximum atomic E-state index is 12.5. The van der Waals surface area contributed by atoms with E-state index < -0.39 is 17.7 Å². The number of ether oxygens (including phenoxy) is 2. The maximum Gasteiger partial charge on any atom is 0.337 e. The molecular formula is C27H32N2O4. The molecule has 0 amide bonds.